The monoisotopic (exact) mass is 798 g/mol. The van der Waals surface area contributed by atoms with E-state index in [1.165, 1.54) is 77.0 Å². The summed E-state index contributed by atoms with van der Waals surface area (Å²) >= 11 is 0. The molecule has 0 aliphatic rings. The lowest BCUT2D eigenvalue weighted by Crippen LogP contribution is -2.34. The summed E-state index contributed by atoms with van der Waals surface area (Å²) in [5, 5.41) is 8.89. The number of esters is 1. The number of nitrogens with two attached hydrogens (primary N) is 1. The summed E-state index contributed by atoms with van der Waals surface area (Å²) in [6, 6.07) is -1.48. The zero-order chi connectivity index (χ0) is 40.5. The van der Waals surface area contributed by atoms with Crippen LogP contribution in [0.1, 0.15) is 181 Å². The minimum atomic E-state index is -4.62. The highest BCUT2D eigenvalue weighted by molar-refractivity contribution is 7.47. The molecule has 0 saturated carbocycles. The maximum Gasteiger partial charge on any atom is 0.472 e. The number of carbonyl (C=O) groups excluding carboxylic acids is 1. The van der Waals surface area contributed by atoms with Gasteiger partial charge in [-0.1, -0.05) is 152 Å². The van der Waals surface area contributed by atoms with Crippen molar-refractivity contribution in [1.82, 2.24) is 0 Å². The van der Waals surface area contributed by atoms with Gasteiger partial charge in [-0.3, -0.25) is 18.6 Å². The zero-order valence-corrected chi connectivity index (χ0v) is 35.7. The van der Waals surface area contributed by atoms with Crippen LogP contribution in [0.15, 0.2) is 48.6 Å². The van der Waals surface area contributed by atoms with E-state index in [1.807, 2.05) is 0 Å². The molecule has 0 aromatic carbocycles. The predicted octanol–water partition coefficient (Wildman–Crippen LogP) is 11.9. The first kappa shape index (κ1) is 52.9. The SMILES string of the molecule is CCCC/C=C\CCCCCCCCOCC(COP(=O)(O)OCC(N)C(=O)O)OC(=O)CCCCCCCC/C=C\C/C=C\C/C=C\CCCCCCC. The number of hydrogen-bond donors (Lipinski definition) is 3. The lowest BCUT2D eigenvalue weighted by molar-refractivity contribution is -0.154. The Labute approximate surface area is 335 Å². The van der Waals surface area contributed by atoms with E-state index >= 15 is 0 Å². The highest BCUT2D eigenvalue weighted by Gasteiger charge is 2.27. The van der Waals surface area contributed by atoms with Crippen LogP contribution in [-0.4, -0.2) is 60.5 Å². The fourth-order valence-corrected chi connectivity index (χ4v) is 6.43. The fourth-order valence-electron chi connectivity index (χ4n) is 5.65. The van der Waals surface area contributed by atoms with Gasteiger partial charge in [-0.2, -0.15) is 0 Å². The predicted molar refractivity (Wildman–Crippen MR) is 226 cm³/mol. The van der Waals surface area contributed by atoms with Gasteiger partial charge in [-0.25, -0.2) is 4.57 Å². The normalized spacial score (nSPS) is 14.4. The highest BCUT2D eigenvalue weighted by atomic mass is 31.2. The molecule has 55 heavy (non-hydrogen) atoms. The molecule has 0 radical (unpaired) electrons. The second-order valence-corrected chi connectivity index (χ2v) is 15.9. The summed E-state index contributed by atoms with van der Waals surface area (Å²) in [6.07, 6.45) is 45.9. The van der Waals surface area contributed by atoms with Crippen LogP contribution in [0.5, 0.6) is 0 Å². The quantitative estimate of drug-likeness (QED) is 0.0236. The van der Waals surface area contributed by atoms with E-state index in [4.69, 9.17) is 29.4 Å². The molecule has 320 valence electrons. The molecule has 0 spiro atoms. The van der Waals surface area contributed by atoms with Crippen molar-refractivity contribution in [3.63, 3.8) is 0 Å². The Morgan fingerprint density at radius 3 is 1.56 bits per heavy atom. The van der Waals surface area contributed by atoms with Crippen molar-refractivity contribution in [3.05, 3.63) is 48.6 Å². The average Bonchev–Trinajstić information content (AvgIpc) is 3.16. The second-order valence-electron chi connectivity index (χ2n) is 14.5. The number of phosphoric acid groups is 1. The van der Waals surface area contributed by atoms with Crippen molar-refractivity contribution in [3.8, 4) is 0 Å². The number of aliphatic carboxylic acids is 1. The number of allylic oxidation sites excluding steroid dienone is 8. The first-order chi connectivity index (χ1) is 26.7. The van der Waals surface area contributed by atoms with Gasteiger partial charge in [-0.15, -0.1) is 0 Å². The number of carbonyl (C=O) groups is 2. The van der Waals surface area contributed by atoms with Gasteiger partial charge in [-0.05, 0) is 70.6 Å². The molecule has 0 aromatic rings. The Morgan fingerprint density at radius 1 is 0.582 bits per heavy atom. The molecular weight excluding hydrogens is 717 g/mol. The Hall–Kier alpha value is -2.07. The minimum Gasteiger partial charge on any atom is -0.480 e. The van der Waals surface area contributed by atoms with Gasteiger partial charge >= 0.3 is 19.8 Å². The van der Waals surface area contributed by atoms with Crippen LogP contribution < -0.4 is 5.73 Å². The molecular formula is C44H80NO9P. The van der Waals surface area contributed by atoms with E-state index in [2.05, 4.69) is 62.5 Å². The molecule has 3 unspecified atom stereocenters. The summed E-state index contributed by atoms with van der Waals surface area (Å²) in [7, 11) is -4.62. The van der Waals surface area contributed by atoms with Crippen molar-refractivity contribution in [2.45, 2.75) is 193 Å². The molecule has 0 saturated heterocycles. The molecule has 4 N–H and O–H groups in total. The third kappa shape index (κ3) is 39.9. The summed E-state index contributed by atoms with van der Waals surface area (Å²) in [5.74, 6) is -1.80. The van der Waals surface area contributed by atoms with Crippen LogP contribution in [0.3, 0.4) is 0 Å². The minimum absolute atomic E-state index is 0.00608. The standard InChI is InChI=1S/C44H80NO9P/c1-3-5-7-9-11-13-15-17-18-19-20-21-22-23-24-25-26-28-30-32-34-36-43(46)54-41(39-52-55(49,50)53-40-42(45)44(47)48)38-51-37-35-33-31-29-27-16-14-12-10-8-6-4-2/h10,12,15,17,19-20,22-23,41-42H,3-9,11,13-14,16,18,21,24-40,45H2,1-2H3,(H,47,48)(H,49,50)/b12-10-,17-15-,20-19-,23-22-. The van der Waals surface area contributed by atoms with E-state index in [-0.39, 0.29) is 13.0 Å². The maximum absolute atomic E-state index is 12.6. The summed E-state index contributed by atoms with van der Waals surface area (Å²) in [5.41, 5.74) is 5.35. The summed E-state index contributed by atoms with van der Waals surface area (Å²) in [4.78, 5) is 33.5. The van der Waals surface area contributed by atoms with Crippen LogP contribution in [0.4, 0.5) is 0 Å². The molecule has 0 aromatic heterocycles. The summed E-state index contributed by atoms with van der Waals surface area (Å²) in [6.45, 7) is 3.80. The van der Waals surface area contributed by atoms with Crippen molar-refractivity contribution in [2.75, 3.05) is 26.4 Å². The Morgan fingerprint density at radius 2 is 1.02 bits per heavy atom. The number of rotatable bonds is 41. The third-order valence-electron chi connectivity index (χ3n) is 9.08. The van der Waals surface area contributed by atoms with Crippen LogP contribution in [0.25, 0.3) is 0 Å². The molecule has 0 heterocycles. The number of ether oxygens (including phenoxy) is 2. The largest absolute Gasteiger partial charge is 0.480 e. The number of unbranched alkanes of at least 4 members (excludes halogenated alkanes) is 19. The molecule has 0 amide bonds. The van der Waals surface area contributed by atoms with Gasteiger partial charge in [0.1, 0.15) is 12.1 Å². The maximum atomic E-state index is 12.6. The Kier molecular flexibility index (Phi) is 38.6. The van der Waals surface area contributed by atoms with E-state index in [0.717, 1.165) is 77.0 Å². The van der Waals surface area contributed by atoms with Gasteiger partial charge < -0.3 is 25.2 Å². The van der Waals surface area contributed by atoms with Crippen molar-refractivity contribution < 1.29 is 42.7 Å². The number of phosphoric ester groups is 1. The first-order valence-corrected chi connectivity index (χ1v) is 23.2. The van der Waals surface area contributed by atoms with Crippen LogP contribution in [0.2, 0.25) is 0 Å². The Bertz CT molecular complexity index is 1060. The van der Waals surface area contributed by atoms with Gasteiger partial charge in [0.25, 0.3) is 0 Å². The van der Waals surface area contributed by atoms with E-state index < -0.39 is 45.1 Å². The molecule has 0 rings (SSSR count). The molecule has 3 atom stereocenters. The zero-order valence-electron chi connectivity index (χ0n) is 34.8. The topological polar surface area (TPSA) is 155 Å². The van der Waals surface area contributed by atoms with Crippen LogP contribution >= 0.6 is 7.82 Å². The molecule has 11 heteroatoms. The molecule has 0 fully saturated rings. The van der Waals surface area contributed by atoms with Crippen LogP contribution in [0, 0.1) is 0 Å². The lowest BCUT2D eigenvalue weighted by Gasteiger charge is -2.20. The molecule has 0 bridgehead atoms. The van der Waals surface area contributed by atoms with Gasteiger partial charge in [0.2, 0.25) is 0 Å². The number of carboxylic acid groups (broad SMARTS) is 1. The van der Waals surface area contributed by atoms with Crippen molar-refractivity contribution in [1.29, 1.82) is 0 Å². The van der Waals surface area contributed by atoms with E-state index in [1.54, 1.807) is 0 Å². The van der Waals surface area contributed by atoms with E-state index in [9.17, 15) is 19.0 Å². The van der Waals surface area contributed by atoms with Gasteiger partial charge in [0.15, 0.2) is 0 Å². The first-order valence-electron chi connectivity index (χ1n) is 21.7. The number of hydrogen-bond acceptors (Lipinski definition) is 8. The van der Waals surface area contributed by atoms with Gasteiger partial charge in [0.05, 0.1) is 19.8 Å². The smallest absolute Gasteiger partial charge is 0.472 e. The third-order valence-corrected chi connectivity index (χ3v) is 10.0. The fraction of sp³-hybridized carbons (Fsp3) is 0.773. The lowest BCUT2D eigenvalue weighted by atomic mass is 10.1. The average molecular weight is 798 g/mol. The van der Waals surface area contributed by atoms with Crippen molar-refractivity contribution >= 4 is 19.8 Å². The van der Waals surface area contributed by atoms with Crippen LogP contribution in [-0.2, 0) is 32.7 Å². The van der Waals surface area contributed by atoms with E-state index in [0.29, 0.717) is 13.0 Å². The second kappa shape index (κ2) is 40.1. The molecule has 0 aliphatic heterocycles. The van der Waals surface area contributed by atoms with Crippen molar-refractivity contribution in [2.24, 2.45) is 5.73 Å². The molecule has 0 aliphatic carbocycles. The Balaban J connectivity index is 4.25. The van der Waals surface area contributed by atoms with Gasteiger partial charge in [0, 0.05) is 13.0 Å². The highest BCUT2D eigenvalue weighted by Crippen LogP contribution is 2.43. The molecule has 10 nitrogen and oxygen atoms in total. The number of carboxylic acids is 1. The summed E-state index contributed by atoms with van der Waals surface area (Å²) < 4.78 is 33.3.